The average Bonchev–Trinajstić information content (AvgIpc) is 2.48. The van der Waals surface area contributed by atoms with Crippen molar-refractivity contribution in [3.05, 3.63) is 24.2 Å². The van der Waals surface area contributed by atoms with Gasteiger partial charge in [-0.1, -0.05) is 12.8 Å². The predicted octanol–water partition coefficient (Wildman–Crippen LogP) is 2.91. The van der Waals surface area contributed by atoms with Crippen LogP contribution in [0.5, 0.6) is 0 Å². The summed E-state index contributed by atoms with van der Waals surface area (Å²) in [6.07, 6.45) is 6.76. The summed E-state index contributed by atoms with van der Waals surface area (Å²) >= 11 is 0. The van der Waals surface area contributed by atoms with Crippen molar-refractivity contribution >= 4 is 0 Å². The average molecular weight is 166 g/mol. The number of hydrogen-bond donors (Lipinski definition) is 0. The first-order chi connectivity index (χ1) is 5.97. The molecule has 66 valence electrons. The maximum Gasteiger partial charge on any atom is 0.132 e. The molecule has 0 aromatic carbocycles. The number of ether oxygens (including phenoxy) is 1. The van der Waals surface area contributed by atoms with Crippen LogP contribution in [0.2, 0.25) is 0 Å². The monoisotopic (exact) mass is 166 g/mol. The van der Waals surface area contributed by atoms with Crippen LogP contribution in [0.4, 0.5) is 0 Å². The van der Waals surface area contributed by atoms with Crippen LogP contribution in [0.3, 0.4) is 0 Å². The Morgan fingerprint density at radius 2 is 2.25 bits per heavy atom. The summed E-state index contributed by atoms with van der Waals surface area (Å²) in [6.45, 7) is 0.880. The molecule has 1 aromatic rings. The fourth-order valence-electron chi connectivity index (χ4n) is 1.62. The molecule has 0 bridgehead atoms. The first kappa shape index (κ1) is 7.87. The van der Waals surface area contributed by atoms with Crippen molar-refractivity contribution in [3.8, 4) is 0 Å². The normalized spacial score (nSPS) is 25.2. The van der Waals surface area contributed by atoms with E-state index in [9.17, 15) is 0 Å². The summed E-state index contributed by atoms with van der Waals surface area (Å²) in [5.41, 5.74) is 0. The highest BCUT2D eigenvalue weighted by Gasteiger charge is 2.16. The number of furan rings is 1. The van der Waals surface area contributed by atoms with Gasteiger partial charge in [-0.05, 0) is 25.0 Å². The Labute approximate surface area is 72.5 Å². The van der Waals surface area contributed by atoms with Crippen LogP contribution in [0.25, 0.3) is 0 Å². The minimum Gasteiger partial charge on any atom is -0.467 e. The molecule has 0 saturated carbocycles. The van der Waals surface area contributed by atoms with Crippen molar-refractivity contribution in [1.82, 2.24) is 0 Å². The summed E-state index contributed by atoms with van der Waals surface area (Å²) in [6, 6.07) is 3.92. The second-order valence-electron chi connectivity index (χ2n) is 3.22. The Morgan fingerprint density at radius 1 is 1.25 bits per heavy atom. The molecule has 2 rings (SSSR count). The molecule has 0 radical (unpaired) electrons. The zero-order chi connectivity index (χ0) is 8.23. The molecule has 0 aliphatic carbocycles. The van der Waals surface area contributed by atoms with Crippen LogP contribution in [0.15, 0.2) is 22.8 Å². The largest absolute Gasteiger partial charge is 0.467 e. The van der Waals surface area contributed by atoms with E-state index in [2.05, 4.69) is 0 Å². The van der Waals surface area contributed by atoms with Crippen LogP contribution in [0.1, 0.15) is 37.5 Å². The van der Waals surface area contributed by atoms with Gasteiger partial charge in [0.15, 0.2) is 0 Å². The Morgan fingerprint density at radius 3 is 3.08 bits per heavy atom. The van der Waals surface area contributed by atoms with Crippen LogP contribution in [-0.2, 0) is 4.74 Å². The standard InChI is InChI=1S/C10H14O2/c1-2-5-9(11-7-3-1)10-6-4-8-12-10/h4,6,8-9H,1-3,5,7H2. The molecule has 0 N–H and O–H groups in total. The molecule has 2 heteroatoms. The van der Waals surface area contributed by atoms with Gasteiger partial charge in [-0.2, -0.15) is 0 Å². The minimum atomic E-state index is 0.211. The van der Waals surface area contributed by atoms with Crippen molar-refractivity contribution in [2.24, 2.45) is 0 Å². The maximum atomic E-state index is 5.65. The Hall–Kier alpha value is -0.760. The molecular formula is C10H14O2. The van der Waals surface area contributed by atoms with Gasteiger partial charge in [-0.25, -0.2) is 0 Å². The number of hydrogen-bond acceptors (Lipinski definition) is 2. The quantitative estimate of drug-likeness (QED) is 0.640. The SMILES string of the molecule is c1coc(C2CCCCCO2)c1. The fraction of sp³-hybridized carbons (Fsp3) is 0.600. The van der Waals surface area contributed by atoms with Gasteiger partial charge in [0.25, 0.3) is 0 Å². The van der Waals surface area contributed by atoms with Crippen molar-refractivity contribution in [2.45, 2.75) is 31.8 Å². The number of rotatable bonds is 1. The maximum absolute atomic E-state index is 5.65. The molecule has 2 nitrogen and oxygen atoms in total. The van der Waals surface area contributed by atoms with Crippen molar-refractivity contribution in [2.75, 3.05) is 6.61 Å². The van der Waals surface area contributed by atoms with Crippen LogP contribution < -0.4 is 0 Å². The van der Waals surface area contributed by atoms with Gasteiger partial charge in [-0.15, -0.1) is 0 Å². The van der Waals surface area contributed by atoms with Gasteiger partial charge in [0.05, 0.1) is 6.26 Å². The lowest BCUT2D eigenvalue weighted by atomic mass is 10.1. The van der Waals surface area contributed by atoms with Crippen molar-refractivity contribution in [3.63, 3.8) is 0 Å². The van der Waals surface area contributed by atoms with Crippen molar-refractivity contribution < 1.29 is 9.15 Å². The van der Waals surface area contributed by atoms with E-state index < -0.39 is 0 Å². The van der Waals surface area contributed by atoms with E-state index in [0.717, 1.165) is 18.8 Å². The highest BCUT2D eigenvalue weighted by molar-refractivity contribution is 5.02. The van der Waals surface area contributed by atoms with Crippen LogP contribution in [0, 0.1) is 0 Å². The van der Waals surface area contributed by atoms with E-state index in [1.807, 2.05) is 12.1 Å². The summed E-state index contributed by atoms with van der Waals surface area (Å²) in [4.78, 5) is 0. The molecule has 12 heavy (non-hydrogen) atoms. The summed E-state index contributed by atoms with van der Waals surface area (Å²) in [5, 5.41) is 0. The van der Waals surface area contributed by atoms with E-state index in [0.29, 0.717) is 0 Å². The minimum absolute atomic E-state index is 0.211. The van der Waals surface area contributed by atoms with E-state index >= 15 is 0 Å². The molecule has 0 amide bonds. The molecule has 0 spiro atoms. The molecule has 1 saturated heterocycles. The van der Waals surface area contributed by atoms with Gasteiger partial charge >= 0.3 is 0 Å². The van der Waals surface area contributed by atoms with Gasteiger partial charge in [-0.3, -0.25) is 0 Å². The molecule has 1 aliphatic heterocycles. The first-order valence-electron chi connectivity index (χ1n) is 4.62. The van der Waals surface area contributed by atoms with Crippen molar-refractivity contribution in [1.29, 1.82) is 0 Å². The van der Waals surface area contributed by atoms with E-state index in [1.165, 1.54) is 19.3 Å². The Kier molecular flexibility index (Phi) is 2.47. The second-order valence-corrected chi connectivity index (χ2v) is 3.22. The van der Waals surface area contributed by atoms with Crippen LogP contribution >= 0.6 is 0 Å². The molecule has 2 heterocycles. The molecule has 1 fully saturated rings. The predicted molar refractivity (Wildman–Crippen MR) is 45.9 cm³/mol. The van der Waals surface area contributed by atoms with Gasteiger partial charge in [0, 0.05) is 6.61 Å². The third-order valence-electron chi connectivity index (χ3n) is 2.29. The summed E-state index contributed by atoms with van der Waals surface area (Å²) in [5.74, 6) is 0.983. The molecular weight excluding hydrogens is 152 g/mol. The first-order valence-corrected chi connectivity index (χ1v) is 4.62. The zero-order valence-corrected chi connectivity index (χ0v) is 7.16. The molecule has 1 unspecified atom stereocenters. The molecule has 1 aromatic heterocycles. The third-order valence-corrected chi connectivity index (χ3v) is 2.29. The Balaban J connectivity index is 2.02. The third kappa shape index (κ3) is 1.69. The van der Waals surface area contributed by atoms with Crippen LogP contribution in [-0.4, -0.2) is 6.61 Å². The zero-order valence-electron chi connectivity index (χ0n) is 7.16. The summed E-state index contributed by atoms with van der Waals surface area (Å²) < 4.78 is 11.0. The lowest BCUT2D eigenvalue weighted by Crippen LogP contribution is -2.00. The Bertz CT molecular complexity index is 208. The van der Waals surface area contributed by atoms with Gasteiger partial charge < -0.3 is 9.15 Å². The second kappa shape index (κ2) is 3.76. The highest BCUT2D eigenvalue weighted by Crippen LogP contribution is 2.26. The lowest BCUT2D eigenvalue weighted by Gasteiger charge is -2.10. The van der Waals surface area contributed by atoms with E-state index in [-0.39, 0.29) is 6.10 Å². The van der Waals surface area contributed by atoms with E-state index in [4.69, 9.17) is 9.15 Å². The summed E-state index contributed by atoms with van der Waals surface area (Å²) in [7, 11) is 0. The topological polar surface area (TPSA) is 22.4 Å². The van der Waals surface area contributed by atoms with Gasteiger partial charge in [0.2, 0.25) is 0 Å². The smallest absolute Gasteiger partial charge is 0.132 e. The molecule has 1 atom stereocenters. The van der Waals surface area contributed by atoms with Gasteiger partial charge in [0.1, 0.15) is 11.9 Å². The highest BCUT2D eigenvalue weighted by atomic mass is 16.5. The molecule has 1 aliphatic rings. The fourth-order valence-corrected chi connectivity index (χ4v) is 1.62. The van der Waals surface area contributed by atoms with E-state index in [1.54, 1.807) is 6.26 Å². The lowest BCUT2D eigenvalue weighted by molar-refractivity contribution is 0.0429.